The number of nitrogens with one attached hydrogen (secondary N) is 1. The molecule has 0 aromatic carbocycles. The maximum absolute atomic E-state index is 13.2. The van der Waals surface area contributed by atoms with Gasteiger partial charge < -0.3 is 4.90 Å². The summed E-state index contributed by atoms with van der Waals surface area (Å²) in [6.45, 7) is 0.712. The van der Waals surface area contributed by atoms with Gasteiger partial charge in [0.2, 0.25) is 5.91 Å². The Kier molecular flexibility index (Phi) is 3.41. The maximum atomic E-state index is 13.2. The number of hydrogen-bond donors (Lipinski definition) is 1. The summed E-state index contributed by atoms with van der Waals surface area (Å²) in [6.07, 6.45) is 4.44. The molecular formula is C12H17F2N5O. The predicted octanol–water partition coefficient (Wildman–Crippen LogP) is 0.439. The summed E-state index contributed by atoms with van der Waals surface area (Å²) in [5.74, 6) is -3.01. The molecule has 2 aliphatic rings. The van der Waals surface area contributed by atoms with Crippen LogP contribution in [-0.2, 0) is 4.79 Å². The van der Waals surface area contributed by atoms with Crippen molar-refractivity contribution in [2.45, 2.75) is 37.3 Å². The molecule has 0 radical (unpaired) electrons. The summed E-state index contributed by atoms with van der Waals surface area (Å²) in [6, 6.07) is -0.684. The molecule has 0 saturated carbocycles. The van der Waals surface area contributed by atoms with E-state index in [9.17, 15) is 13.6 Å². The van der Waals surface area contributed by atoms with Crippen LogP contribution in [0.2, 0.25) is 0 Å². The van der Waals surface area contributed by atoms with Gasteiger partial charge in [-0.25, -0.2) is 18.4 Å². The Morgan fingerprint density at radius 1 is 1.45 bits per heavy atom. The zero-order valence-electron chi connectivity index (χ0n) is 11.0. The van der Waals surface area contributed by atoms with Crippen molar-refractivity contribution in [2.75, 3.05) is 19.6 Å². The number of halogens is 2. The first-order valence-corrected chi connectivity index (χ1v) is 6.79. The number of carbonyl (C=O) groups excluding carboxylic acids is 1. The molecular weight excluding hydrogens is 268 g/mol. The van der Waals surface area contributed by atoms with Crippen molar-refractivity contribution in [1.29, 1.82) is 0 Å². The first kappa shape index (κ1) is 13.4. The van der Waals surface area contributed by atoms with Crippen LogP contribution in [0.3, 0.4) is 0 Å². The number of hydrogen-bond acceptors (Lipinski definition) is 4. The molecule has 2 fully saturated rings. The van der Waals surface area contributed by atoms with Crippen LogP contribution in [0.25, 0.3) is 0 Å². The number of rotatable bonds is 2. The Labute approximate surface area is 115 Å². The Hall–Kier alpha value is -1.57. The molecule has 2 saturated heterocycles. The van der Waals surface area contributed by atoms with Crippen LogP contribution in [0.5, 0.6) is 0 Å². The van der Waals surface area contributed by atoms with Gasteiger partial charge in [-0.3, -0.25) is 10.1 Å². The van der Waals surface area contributed by atoms with Gasteiger partial charge in [0.05, 0.1) is 18.6 Å². The highest BCUT2D eigenvalue weighted by molar-refractivity contribution is 5.82. The van der Waals surface area contributed by atoms with E-state index in [1.165, 1.54) is 6.33 Å². The molecule has 1 N–H and O–H groups in total. The number of carbonyl (C=O) groups is 1. The van der Waals surface area contributed by atoms with Crippen LogP contribution in [0.4, 0.5) is 8.78 Å². The Bertz CT molecular complexity index is 478. The van der Waals surface area contributed by atoms with Gasteiger partial charge in [-0.05, 0) is 12.8 Å². The minimum Gasteiger partial charge on any atom is -0.339 e. The topological polar surface area (TPSA) is 63.1 Å². The number of amides is 1. The largest absolute Gasteiger partial charge is 0.339 e. The summed E-state index contributed by atoms with van der Waals surface area (Å²) in [5.41, 5.74) is 0. The number of alkyl halides is 2. The molecule has 1 aromatic heterocycles. The van der Waals surface area contributed by atoms with Crippen molar-refractivity contribution in [2.24, 2.45) is 0 Å². The normalized spacial score (nSPS) is 29.6. The maximum Gasteiger partial charge on any atom is 0.262 e. The minimum atomic E-state index is -2.78. The number of piperidine rings is 1. The standard InChI is InChI=1S/C12H17F2N5O/c13-12(14)4-10(16-6-12)11(20)18-3-1-2-9(5-18)19-8-15-7-17-19/h7-10,16H,1-6H2. The van der Waals surface area contributed by atoms with Gasteiger partial charge in [0.1, 0.15) is 12.7 Å². The quantitative estimate of drug-likeness (QED) is 0.856. The summed E-state index contributed by atoms with van der Waals surface area (Å²) in [4.78, 5) is 17.9. The van der Waals surface area contributed by atoms with Gasteiger partial charge in [0, 0.05) is 19.5 Å². The van der Waals surface area contributed by atoms with Crippen molar-refractivity contribution in [3.05, 3.63) is 12.7 Å². The second-order valence-electron chi connectivity index (χ2n) is 5.45. The van der Waals surface area contributed by atoms with Crippen LogP contribution < -0.4 is 5.32 Å². The highest BCUT2D eigenvalue weighted by Gasteiger charge is 2.44. The Morgan fingerprint density at radius 3 is 2.95 bits per heavy atom. The molecule has 3 heterocycles. The van der Waals surface area contributed by atoms with Crippen LogP contribution >= 0.6 is 0 Å². The third kappa shape index (κ3) is 2.65. The van der Waals surface area contributed by atoms with Crippen LogP contribution in [0.1, 0.15) is 25.3 Å². The summed E-state index contributed by atoms with van der Waals surface area (Å²) < 4.78 is 28.1. The smallest absolute Gasteiger partial charge is 0.262 e. The van der Waals surface area contributed by atoms with E-state index < -0.39 is 24.9 Å². The number of nitrogens with zero attached hydrogens (tertiary/aromatic N) is 4. The van der Waals surface area contributed by atoms with E-state index in [4.69, 9.17) is 0 Å². The lowest BCUT2D eigenvalue weighted by Crippen LogP contribution is -2.48. The molecule has 1 amide bonds. The van der Waals surface area contributed by atoms with Crippen molar-refractivity contribution in [3.8, 4) is 0 Å². The molecule has 0 spiro atoms. The summed E-state index contributed by atoms with van der Waals surface area (Å²) >= 11 is 0. The lowest BCUT2D eigenvalue weighted by Gasteiger charge is -2.34. The molecule has 2 unspecified atom stereocenters. The Balaban J connectivity index is 1.64. The molecule has 3 rings (SSSR count). The van der Waals surface area contributed by atoms with Gasteiger partial charge >= 0.3 is 0 Å². The molecule has 6 nitrogen and oxygen atoms in total. The van der Waals surface area contributed by atoms with Gasteiger partial charge in [-0.15, -0.1) is 0 Å². The SMILES string of the molecule is O=C(C1CC(F)(F)CN1)N1CCCC(n2cncn2)C1. The molecule has 1 aromatic rings. The fourth-order valence-electron chi connectivity index (χ4n) is 2.89. The van der Waals surface area contributed by atoms with E-state index in [0.717, 1.165) is 12.8 Å². The van der Waals surface area contributed by atoms with E-state index in [2.05, 4.69) is 15.4 Å². The highest BCUT2D eigenvalue weighted by atomic mass is 19.3. The van der Waals surface area contributed by atoms with Crippen LogP contribution in [0, 0.1) is 0 Å². The van der Waals surface area contributed by atoms with Gasteiger partial charge in [0.15, 0.2) is 0 Å². The molecule has 2 aliphatic heterocycles. The lowest BCUT2D eigenvalue weighted by molar-refractivity contribution is -0.135. The van der Waals surface area contributed by atoms with Crippen molar-refractivity contribution in [1.82, 2.24) is 25.0 Å². The first-order valence-electron chi connectivity index (χ1n) is 6.79. The average molecular weight is 285 g/mol. The first-order chi connectivity index (χ1) is 9.55. The molecule has 2 atom stereocenters. The second-order valence-corrected chi connectivity index (χ2v) is 5.45. The zero-order valence-corrected chi connectivity index (χ0v) is 11.0. The highest BCUT2D eigenvalue weighted by Crippen LogP contribution is 2.28. The molecule has 0 bridgehead atoms. The Morgan fingerprint density at radius 2 is 2.30 bits per heavy atom. The van der Waals surface area contributed by atoms with Crippen molar-refractivity contribution >= 4 is 5.91 Å². The molecule has 110 valence electrons. The molecule has 0 aliphatic carbocycles. The van der Waals surface area contributed by atoms with Crippen LogP contribution in [0.15, 0.2) is 12.7 Å². The van der Waals surface area contributed by atoms with E-state index in [-0.39, 0.29) is 11.9 Å². The van der Waals surface area contributed by atoms with E-state index in [1.807, 2.05) is 0 Å². The monoisotopic (exact) mass is 285 g/mol. The zero-order chi connectivity index (χ0) is 14.2. The third-order valence-electron chi connectivity index (χ3n) is 3.93. The number of likely N-dealkylation sites (tertiary alicyclic amines) is 1. The van der Waals surface area contributed by atoms with Crippen molar-refractivity contribution < 1.29 is 13.6 Å². The fourth-order valence-corrected chi connectivity index (χ4v) is 2.89. The van der Waals surface area contributed by atoms with Gasteiger partial charge in [-0.2, -0.15) is 5.10 Å². The third-order valence-corrected chi connectivity index (χ3v) is 3.93. The molecule has 20 heavy (non-hydrogen) atoms. The van der Waals surface area contributed by atoms with Gasteiger partial charge in [-0.1, -0.05) is 0 Å². The predicted molar refractivity (Wildman–Crippen MR) is 66.2 cm³/mol. The lowest BCUT2D eigenvalue weighted by atomic mass is 10.0. The second kappa shape index (κ2) is 5.08. The summed E-state index contributed by atoms with van der Waals surface area (Å²) in [5, 5.41) is 6.70. The van der Waals surface area contributed by atoms with Crippen LogP contribution in [-0.4, -0.2) is 57.2 Å². The van der Waals surface area contributed by atoms with Gasteiger partial charge in [0.25, 0.3) is 5.92 Å². The van der Waals surface area contributed by atoms with E-state index in [0.29, 0.717) is 13.1 Å². The summed E-state index contributed by atoms with van der Waals surface area (Å²) in [7, 11) is 0. The van der Waals surface area contributed by atoms with E-state index in [1.54, 1.807) is 15.9 Å². The van der Waals surface area contributed by atoms with Crippen molar-refractivity contribution in [3.63, 3.8) is 0 Å². The fraction of sp³-hybridized carbons (Fsp3) is 0.750. The van der Waals surface area contributed by atoms with E-state index >= 15 is 0 Å². The molecule has 8 heteroatoms. The average Bonchev–Trinajstić information content (AvgIpc) is 3.07. The number of aromatic nitrogens is 3. The minimum absolute atomic E-state index is 0.0807.